The Balaban J connectivity index is 2.27. The van der Waals surface area contributed by atoms with Gasteiger partial charge in [0, 0.05) is 34.5 Å². The molecule has 0 spiro atoms. The molecule has 1 aromatic heterocycles. The van der Waals surface area contributed by atoms with E-state index < -0.39 is 0 Å². The van der Waals surface area contributed by atoms with Crippen LogP contribution < -0.4 is 11.3 Å². The van der Waals surface area contributed by atoms with Gasteiger partial charge in [0.25, 0.3) is 0 Å². The Morgan fingerprint density at radius 2 is 2.19 bits per heavy atom. The number of hydrogen-bond donors (Lipinski definition) is 2. The predicted octanol–water partition coefficient (Wildman–Crippen LogP) is 1.78. The summed E-state index contributed by atoms with van der Waals surface area (Å²) in [5, 5.41) is 1.15. The maximum atomic E-state index is 11.1. The fourth-order valence-corrected chi connectivity index (χ4v) is 2.26. The molecule has 84 valence electrons. The highest BCUT2D eigenvalue weighted by molar-refractivity contribution is 9.10. The number of nitrogens with zero attached hydrogens (tertiary/aromatic N) is 1. The Kier molecular flexibility index (Phi) is 3.26. The van der Waals surface area contributed by atoms with Crippen LogP contribution in [-0.2, 0) is 11.3 Å². The van der Waals surface area contributed by atoms with Gasteiger partial charge in [-0.15, -0.1) is 0 Å². The number of para-hydroxylation sites is 1. The van der Waals surface area contributed by atoms with Crippen LogP contribution in [0.2, 0.25) is 0 Å². The van der Waals surface area contributed by atoms with Crippen molar-refractivity contribution < 1.29 is 4.79 Å². The van der Waals surface area contributed by atoms with Crippen LogP contribution in [0.25, 0.3) is 10.9 Å². The van der Waals surface area contributed by atoms with E-state index in [2.05, 4.69) is 21.4 Å². The van der Waals surface area contributed by atoms with Crippen molar-refractivity contribution in [3.05, 3.63) is 34.9 Å². The summed E-state index contributed by atoms with van der Waals surface area (Å²) in [5.74, 6) is 4.88. The number of rotatable bonds is 3. The van der Waals surface area contributed by atoms with Crippen LogP contribution in [0.3, 0.4) is 0 Å². The lowest BCUT2D eigenvalue weighted by Crippen LogP contribution is -2.30. The molecular formula is C11H12BrN3O. The number of aryl methyl sites for hydroxylation is 1. The Hall–Kier alpha value is -1.33. The average molecular weight is 282 g/mol. The molecule has 0 fully saturated rings. The summed E-state index contributed by atoms with van der Waals surface area (Å²) in [7, 11) is 0. The molecule has 4 nitrogen and oxygen atoms in total. The van der Waals surface area contributed by atoms with Crippen LogP contribution in [0.15, 0.2) is 34.9 Å². The first-order valence-electron chi connectivity index (χ1n) is 4.95. The lowest BCUT2D eigenvalue weighted by atomic mass is 10.2. The summed E-state index contributed by atoms with van der Waals surface area (Å²) in [5.41, 5.74) is 3.24. The standard InChI is InChI=1S/C11H12BrN3O/c12-9-7-15(6-5-11(16)14-13)10-4-2-1-3-8(9)10/h1-4,7H,5-6,13H2,(H,14,16). The predicted molar refractivity (Wildman–Crippen MR) is 66.6 cm³/mol. The number of halogens is 1. The van der Waals surface area contributed by atoms with Crippen LogP contribution >= 0.6 is 15.9 Å². The van der Waals surface area contributed by atoms with Gasteiger partial charge in [-0.25, -0.2) is 5.84 Å². The molecule has 0 radical (unpaired) electrons. The summed E-state index contributed by atoms with van der Waals surface area (Å²) >= 11 is 3.50. The minimum Gasteiger partial charge on any atom is -0.346 e. The Morgan fingerprint density at radius 1 is 1.44 bits per heavy atom. The number of carbonyl (C=O) groups excluding carboxylic acids is 1. The van der Waals surface area contributed by atoms with E-state index in [-0.39, 0.29) is 5.91 Å². The van der Waals surface area contributed by atoms with Crippen molar-refractivity contribution in [1.82, 2.24) is 9.99 Å². The molecule has 16 heavy (non-hydrogen) atoms. The van der Waals surface area contributed by atoms with Crippen LogP contribution in [0, 0.1) is 0 Å². The molecule has 0 atom stereocenters. The van der Waals surface area contributed by atoms with E-state index in [0.717, 1.165) is 15.4 Å². The van der Waals surface area contributed by atoms with E-state index in [0.29, 0.717) is 13.0 Å². The number of amides is 1. The monoisotopic (exact) mass is 281 g/mol. The number of nitrogens with one attached hydrogen (secondary N) is 1. The van der Waals surface area contributed by atoms with Gasteiger partial charge in [-0.3, -0.25) is 10.2 Å². The van der Waals surface area contributed by atoms with E-state index >= 15 is 0 Å². The second-order valence-electron chi connectivity index (χ2n) is 3.51. The molecule has 2 rings (SSSR count). The van der Waals surface area contributed by atoms with Gasteiger partial charge in [-0.2, -0.15) is 0 Å². The molecule has 0 aliphatic rings. The highest BCUT2D eigenvalue weighted by atomic mass is 79.9. The molecule has 0 bridgehead atoms. The van der Waals surface area contributed by atoms with E-state index in [1.807, 2.05) is 35.0 Å². The van der Waals surface area contributed by atoms with Crippen molar-refractivity contribution >= 4 is 32.7 Å². The molecule has 3 N–H and O–H groups in total. The Morgan fingerprint density at radius 3 is 2.94 bits per heavy atom. The average Bonchev–Trinajstić information content (AvgIpc) is 2.64. The van der Waals surface area contributed by atoms with Gasteiger partial charge in [0.2, 0.25) is 5.91 Å². The highest BCUT2D eigenvalue weighted by Gasteiger charge is 2.06. The van der Waals surface area contributed by atoms with Crippen molar-refractivity contribution in [3.63, 3.8) is 0 Å². The van der Waals surface area contributed by atoms with Crippen LogP contribution in [0.1, 0.15) is 6.42 Å². The molecule has 0 saturated heterocycles. The number of fused-ring (bicyclic) bond motifs is 1. The van der Waals surface area contributed by atoms with E-state index in [4.69, 9.17) is 5.84 Å². The number of hydrogen-bond acceptors (Lipinski definition) is 2. The number of nitrogens with two attached hydrogens (primary N) is 1. The quantitative estimate of drug-likeness (QED) is 0.512. The van der Waals surface area contributed by atoms with Gasteiger partial charge in [-0.1, -0.05) is 18.2 Å². The normalized spacial score (nSPS) is 10.6. The fourth-order valence-electron chi connectivity index (χ4n) is 1.68. The van der Waals surface area contributed by atoms with Gasteiger partial charge in [0.1, 0.15) is 0 Å². The molecule has 2 aromatic rings. The molecule has 5 heteroatoms. The summed E-state index contributed by atoms with van der Waals surface area (Å²) in [6, 6.07) is 8.04. The van der Waals surface area contributed by atoms with Crippen LogP contribution in [0.4, 0.5) is 0 Å². The van der Waals surface area contributed by atoms with Crippen molar-refractivity contribution in [2.24, 2.45) is 5.84 Å². The number of aromatic nitrogens is 1. The number of hydrazine groups is 1. The maximum Gasteiger partial charge on any atom is 0.235 e. The number of benzene rings is 1. The third-order valence-electron chi connectivity index (χ3n) is 2.48. The van der Waals surface area contributed by atoms with Crippen molar-refractivity contribution in [3.8, 4) is 0 Å². The SMILES string of the molecule is NNC(=O)CCn1cc(Br)c2ccccc21. The van der Waals surface area contributed by atoms with E-state index in [1.165, 1.54) is 0 Å². The zero-order valence-corrected chi connectivity index (χ0v) is 10.2. The molecule has 0 unspecified atom stereocenters. The van der Waals surface area contributed by atoms with Crippen LogP contribution in [-0.4, -0.2) is 10.5 Å². The first-order chi connectivity index (χ1) is 7.72. The minimum atomic E-state index is -0.158. The lowest BCUT2D eigenvalue weighted by molar-refractivity contribution is -0.121. The van der Waals surface area contributed by atoms with Gasteiger partial charge < -0.3 is 4.57 Å². The van der Waals surface area contributed by atoms with E-state index in [1.54, 1.807) is 0 Å². The number of carbonyl (C=O) groups is 1. The second kappa shape index (κ2) is 4.67. The van der Waals surface area contributed by atoms with Gasteiger partial charge in [0.05, 0.1) is 0 Å². The first-order valence-corrected chi connectivity index (χ1v) is 5.74. The largest absolute Gasteiger partial charge is 0.346 e. The lowest BCUT2D eigenvalue weighted by Gasteiger charge is -2.03. The van der Waals surface area contributed by atoms with Gasteiger partial charge >= 0.3 is 0 Å². The van der Waals surface area contributed by atoms with Crippen molar-refractivity contribution in [1.29, 1.82) is 0 Å². The van der Waals surface area contributed by atoms with Gasteiger partial charge in [-0.05, 0) is 22.0 Å². The van der Waals surface area contributed by atoms with Crippen molar-refractivity contribution in [2.45, 2.75) is 13.0 Å². The summed E-state index contributed by atoms with van der Waals surface area (Å²) in [4.78, 5) is 11.1. The summed E-state index contributed by atoms with van der Waals surface area (Å²) in [6.07, 6.45) is 2.36. The van der Waals surface area contributed by atoms with E-state index in [9.17, 15) is 4.79 Å². The smallest absolute Gasteiger partial charge is 0.235 e. The third kappa shape index (κ3) is 2.10. The highest BCUT2D eigenvalue weighted by Crippen LogP contribution is 2.25. The molecule has 1 amide bonds. The Bertz CT molecular complexity index is 521. The molecule has 1 heterocycles. The zero-order chi connectivity index (χ0) is 11.5. The maximum absolute atomic E-state index is 11.1. The third-order valence-corrected chi connectivity index (χ3v) is 3.11. The topological polar surface area (TPSA) is 60.0 Å². The molecule has 0 aliphatic carbocycles. The van der Waals surface area contributed by atoms with Crippen molar-refractivity contribution in [2.75, 3.05) is 0 Å². The molecular weight excluding hydrogens is 270 g/mol. The first kappa shape index (κ1) is 11.2. The van der Waals surface area contributed by atoms with Crippen LogP contribution in [0.5, 0.6) is 0 Å². The summed E-state index contributed by atoms with van der Waals surface area (Å²) < 4.78 is 3.07. The minimum absolute atomic E-state index is 0.158. The molecule has 1 aromatic carbocycles. The zero-order valence-electron chi connectivity index (χ0n) is 8.61. The molecule has 0 aliphatic heterocycles. The Labute approximate surface area is 102 Å². The summed E-state index contributed by atoms with van der Waals surface area (Å²) in [6.45, 7) is 0.620. The van der Waals surface area contributed by atoms with Gasteiger partial charge in [0.15, 0.2) is 0 Å². The molecule has 0 saturated carbocycles. The second-order valence-corrected chi connectivity index (χ2v) is 4.36. The fraction of sp³-hybridized carbons (Fsp3) is 0.182.